The highest BCUT2D eigenvalue weighted by molar-refractivity contribution is 6.04. The lowest BCUT2D eigenvalue weighted by Crippen LogP contribution is -2.41. The molecule has 130 valence electrons. The standard InChI is InChI=1S/C19H21N3O3/c1-14-2-5-16(13-20-14)19(24)21-17-6-3-15(4-7-17)12-18(23)22-8-10-25-11-9-22/h2-7,13H,8-12H2,1H3,(H,21,24). The maximum atomic E-state index is 12.2. The van der Waals surface area contributed by atoms with Crippen LogP contribution in [-0.2, 0) is 16.0 Å². The van der Waals surface area contributed by atoms with Crippen molar-refractivity contribution in [2.45, 2.75) is 13.3 Å². The molecule has 0 bridgehead atoms. The van der Waals surface area contributed by atoms with Gasteiger partial charge < -0.3 is 15.0 Å². The summed E-state index contributed by atoms with van der Waals surface area (Å²) >= 11 is 0. The number of benzene rings is 1. The van der Waals surface area contributed by atoms with Crippen LogP contribution < -0.4 is 5.32 Å². The molecule has 1 fully saturated rings. The lowest BCUT2D eigenvalue weighted by atomic mass is 10.1. The number of nitrogens with one attached hydrogen (secondary N) is 1. The van der Waals surface area contributed by atoms with E-state index in [-0.39, 0.29) is 11.8 Å². The Morgan fingerprint density at radius 3 is 2.48 bits per heavy atom. The number of carbonyl (C=O) groups is 2. The molecule has 1 aromatic carbocycles. The van der Waals surface area contributed by atoms with E-state index in [1.54, 1.807) is 30.5 Å². The number of rotatable bonds is 4. The van der Waals surface area contributed by atoms with Gasteiger partial charge in [-0.2, -0.15) is 0 Å². The Hall–Kier alpha value is -2.73. The highest BCUT2D eigenvalue weighted by Crippen LogP contribution is 2.13. The molecule has 1 N–H and O–H groups in total. The molecule has 1 aliphatic heterocycles. The molecular formula is C19H21N3O3. The minimum atomic E-state index is -0.204. The quantitative estimate of drug-likeness (QED) is 0.925. The summed E-state index contributed by atoms with van der Waals surface area (Å²) in [5, 5.41) is 2.83. The molecule has 3 rings (SSSR count). The van der Waals surface area contributed by atoms with Crippen LogP contribution in [-0.4, -0.2) is 48.0 Å². The van der Waals surface area contributed by atoms with Gasteiger partial charge in [-0.05, 0) is 36.8 Å². The van der Waals surface area contributed by atoms with E-state index in [0.717, 1.165) is 11.3 Å². The fraction of sp³-hybridized carbons (Fsp3) is 0.316. The van der Waals surface area contributed by atoms with Crippen molar-refractivity contribution in [3.05, 3.63) is 59.4 Å². The van der Waals surface area contributed by atoms with Gasteiger partial charge in [0.15, 0.2) is 0 Å². The van der Waals surface area contributed by atoms with Crippen LogP contribution in [0, 0.1) is 6.92 Å². The minimum absolute atomic E-state index is 0.103. The monoisotopic (exact) mass is 339 g/mol. The molecule has 0 saturated carbocycles. The number of amides is 2. The van der Waals surface area contributed by atoms with Crippen LogP contribution in [0.3, 0.4) is 0 Å². The van der Waals surface area contributed by atoms with Crippen LogP contribution in [0.1, 0.15) is 21.6 Å². The fourth-order valence-corrected chi connectivity index (χ4v) is 2.61. The molecule has 2 amide bonds. The van der Waals surface area contributed by atoms with E-state index in [0.29, 0.717) is 44.0 Å². The van der Waals surface area contributed by atoms with Crippen molar-refractivity contribution in [3.63, 3.8) is 0 Å². The Morgan fingerprint density at radius 1 is 1.12 bits per heavy atom. The Labute approximate surface area is 146 Å². The maximum absolute atomic E-state index is 12.2. The number of aryl methyl sites for hydroxylation is 1. The van der Waals surface area contributed by atoms with Crippen molar-refractivity contribution < 1.29 is 14.3 Å². The summed E-state index contributed by atoms with van der Waals surface area (Å²) in [5.74, 6) is -0.101. The van der Waals surface area contributed by atoms with Crippen LogP contribution in [0.5, 0.6) is 0 Å². The minimum Gasteiger partial charge on any atom is -0.378 e. The average Bonchev–Trinajstić information content (AvgIpc) is 2.64. The lowest BCUT2D eigenvalue weighted by molar-refractivity contribution is -0.134. The normalized spacial score (nSPS) is 14.2. The van der Waals surface area contributed by atoms with Crippen molar-refractivity contribution >= 4 is 17.5 Å². The van der Waals surface area contributed by atoms with Crippen LogP contribution in [0.4, 0.5) is 5.69 Å². The van der Waals surface area contributed by atoms with Gasteiger partial charge >= 0.3 is 0 Å². The van der Waals surface area contributed by atoms with Crippen molar-refractivity contribution in [1.29, 1.82) is 0 Å². The van der Waals surface area contributed by atoms with Gasteiger partial charge in [-0.15, -0.1) is 0 Å². The highest BCUT2D eigenvalue weighted by atomic mass is 16.5. The van der Waals surface area contributed by atoms with Crippen LogP contribution in [0.15, 0.2) is 42.6 Å². The van der Waals surface area contributed by atoms with Gasteiger partial charge in [0.05, 0.1) is 25.2 Å². The predicted molar refractivity (Wildman–Crippen MR) is 94.5 cm³/mol. The fourth-order valence-electron chi connectivity index (χ4n) is 2.61. The molecule has 0 spiro atoms. The molecule has 0 radical (unpaired) electrons. The Bertz CT molecular complexity index is 736. The molecule has 25 heavy (non-hydrogen) atoms. The topological polar surface area (TPSA) is 71.5 Å². The van der Waals surface area contributed by atoms with E-state index in [1.807, 2.05) is 24.0 Å². The zero-order valence-electron chi connectivity index (χ0n) is 14.2. The maximum Gasteiger partial charge on any atom is 0.257 e. The summed E-state index contributed by atoms with van der Waals surface area (Å²) in [6.45, 7) is 4.38. The van der Waals surface area contributed by atoms with E-state index in [2.05, 4.69) is 10.3 Å². The Morgan fingerprint density at radius 2 is 1.84 bits per heavy atom. The second-order valence-electron chi connectivity index (χ2n) is 6.01. The molecule has 0 unspecified atom stereocenters. The zero-order chi connectivity index (χ0) is 17.6. The van der Waals surface area contributed by atoms with Crippen molar-refractivity contribution in [2.24, 2.45) is 0 Å². The molecule has 2 heterocycles. The van der Waals surface area contributed by atoms with Crippen molar-refractivity contribution in [1.82, 2.24) is 9.88 Å². The number of ether oxygens (including phenoxy) is 1. The first-order valence-corrected chi connectivity index (χ1v) is 8.30. The molecule has 1 aliphatic rings. The predicted octanol–water partition coefficient (Wildman–Crippen LogP) is 2.04. The first-order chi connectivity index (χ1) is 12.1. The number of hydrogen-bond acceptors (Lipinski definition) is 4. The number of nitrogens with zero attached hydrogens (tertiary/aromatic N) is 2. The van der Waals surface area contributed by atoms with Gasteiger partial charge in [-0.3, -0.25) is 14.6 Å². The second kappa shape index (κ2) is 7.90. The molecule has 0 aliphatic carbocycles. The third kappa shape index (κ3) is 4.64. The van der Waals surface area contributed by atoms with Crippen LogP contribution in [0.25, 0.3) is 0 Å². The molecule has 1 aromatic heterocycles. The number of carbonyl (C=O) groups excluding carboxylic acids is 2. The lowest BCUT2D eigenvalue weighted by Gasteiger charge is -2.26. The molecule has 2 aromatic rings. The summed E-state index contributed by atoms with van der Waals surface area (Å²) in [5.41, 5.74) is 2.99. The summed E-state index contributed by atoms with van der Waals surface area (Å²) in [4.78, 5) is 30.4. The van der Waals surface area contributed by atoms with Crippen LogP contribution in [0.2, 0.25) is 0 Å². The first kappa shape index (κ1) is 17.1. The highest BCUT2D eigenvalue weighted by Gasteiger charge is 2.17. The number of morpholine rings is 1. The first-order valence-electron chi connectivity index (χ1n) is 8.30. The van der Waals surface area contributed by atoms with Gasteiger partial charge in [-0.25, -0.2) is 0 Å². The smallest absolute Gasteiger partial charge is 0.257 e. The van der Waals surface area contributed by atoms with Gasteiger partial charge in [-0.1, -0.05) is 12.1 Å². The van der Waals surface area contributed by atoms with Gasteiger partial charge in [0.2, 0.25) is 5.91 Å². The third-order valence-corrected chi connectivity index (χ3v) is 4.10. The number of pyridine rings is 1. The van der Waals surface area contributed by atoms with E-state index in [1.165, 1.54) is 0 Å². The van der Waals surface area contributed by atoms with Crippen molar-refractivity contribution in [3.8, 4) is 0 Å². The molecule has 6 heteroatoms. The van der Waals surface area contributed by atoms with Gasteiger partial charge in [0.1, 0.15) is 0 Å². The average molecular weight is 339 g/mol. The third-order valence-electron chi connectivity index (χ3n) is 4.10. The number of anilines is 1. The summed E-state index contributed by atoms with van der Waals surface area (Å²) < 4.78 is 5.26. The number of hydrogen-bond donors (Lipinski definition) is 1. The van der Waals surface area contributed by atoms with E-state index < -0.39 is 0 Å². The second-order valence-corrected chi connectivity index (χ2v) is 6.01. The largest absolute Gasteiger partial charge is 0.378 e. The number of aromatic nitrogens is 1. The molecule has 1 saturated heterocycles. The molecular weight excluding hydrogens is 318 g/mol. The van der Waals surface area contributed by atoms with Crippen LogP contribution >= 0.6 is 0 Å². The van der Waals surface area contributed by atoms with Gasteiger partial charge in [0.25, 0.3) is 5.91 Å². The molecule has 0 atom stereocenters. The Balaban J connectivity index is 1.57. The van der Waals surface area contributed by atoms with Crippen molar-refractivity contribution in [2.75, 3.05) is 31.6 Å². The summed E-state index contributed by atoms with van der Waals surface area (Å²) in [6, 6.07) is 10.9. The van der Waals surface area contributed by atoms with Gasteiger partial charge in [0, 0.05) is 30.7 Å². The van der Waals surface area contributed by atoms with E-state index >= 15 is 0 Å². The summed E-state index contributed by atoms with van der Waals surface area (Å²) in [6.07, 6.45) is 1.91. The van der Waals surface area contributed by atoms with E-state index in [4.69, 9.17) is 4.74 Å². The van der Waals surface area contributed by atoms with E-state index in [9.17, 15) is 9.59 Å². The zero-order valence-corrected chi connectivity index (χ0v) is 14.2. The summed E-state index contributed by atoms with van der Waals surface area (Å²) in [7, 11) is 0. The Kier molecular flexibility index (Phi) is 5.40. The molecule has 6 nitrogen and oxygen atoms in total. The SMILES string of the molecule is Cc1ccc(C(=O)Nc2ccc(CC(=O)N3CCOCC3)cc2)cn1.